The van der Waals surface area contributed by atoms with E-state index in [9.17, 15) is 9.59 Å². The summed E-state index contributed by atoms with van der Waals surface area (Å²) >= 11 is 0. The Morgan fingerprint density at radius 2 is 1.81 bits per heavy atom. The molecule has 0 fully saturated rings. The average molecular weight is 213 g/mol. The zero-order valence-corrected chi connectivity index (χ0v) is 8.69. The van der Waals surface area contributed by atoms with Gasteiger partial charge in [0.1, 0.15) is 0 Å². The summed E-state index contributed by atoms with van der Waals surface area (Å²) in [4.78, 5) is 22.8. The summed E-state index contributed by atoms with van der Waals surface area (Å²) in [6.07, 6.45) is 1.64. The van der Waals surface area contributed by atoms with Crippen LogP contribution in [-0.4, -0.2) is 6.54 Å². The maximum Gasteiger partial charge on any atom is 0.250 e. The standard InChI is InChI=1S/C13H11NO2/c1-2-8-14-11-10(12(15)13(11)16)9-6-4-3-5-7-9/h2-7,14H,1,8H2. The molecule has 2 aromatic rings. The largest absolute Gasteiger partial charge is 0.378 e. The highest BCUT2D eigenvalue weighted by molar-refractivity contribution is 5.81. The molecular formula is C13H11NO2. The summed E-state index contributed by atoms with van der Waals surface area (Å²) in [6.45, 7) is 4.03. The Bertz CT molecular complexity index is 577. The van der Waals surface area contributed by atoms with Crippen molar-refractivity contribution in [2.45, 2.75) is 0 Å². The Morgan fingerprint density at radius 1 is 1.12 bits per heavy atom. The maximum absolute atomic E-state index is 11.5. The second-order valence-corrected chi connectivity index (χ2v) is 3.44. The van der Waals surface area contributed by atoms with Crippen LogP contribution in [0.4, 0.5) is 5.69 Å². The van der Waals surface area contributed by atoms with Crippen molar-refractivity contribution in [3.63, 3.8) is 0 Å². The van der Waals surface area contributed by atoms with Crippen molar-refractivity contribution >= 4 is 5.69 Å². The number of anilines is 1. The molecule has 0 atom stereocenters. The summed E-state index contributed by atoms with van der Waals surface area (Å²) < 4.78 is 0. The third kappa shape index (κ3) is 1.56. The van der Waals surface area contributed by atoms with Gasteiger partial charge in [0.15, 0.2) is 0 Å². The molecule has 0 spiro atoms. The minimum absolute atomic E-state index is 0.399. The van der Waals surface area contributed by atoms with Gasteiger partial charge in [-0.2, -0.15) is 0 Å². The summed E-state index contributed by atoms with van der Waals surface area (Å²) in [5, 5.41) is 2.89. The summed E-state index contributed by atoms with van der Waals surface area (Å²) in [6, 6.07) is 9.17. The highest BCUT2D eigenvalue weighted by Gasteiger charge is 2.20. The lowest BCUT2D eigenvalue weighted by molar-refractivity contribution is 1.28. The van der Waals surface area contributed by atoms with Crippen molar-refractivity contribution in [1.82, 2.24) is 0 Å². The first kappa shape index (κ1) is 10.4. The minimum atomic E-state index is -0.444. The van der Waals surface area contributed by atoms with Crippen LogP contribution in [0.3, 0.4) is 0 Å². The number of rotatable bonds is 4. The van der Waals surface area contributed by atoms with Crippen molar-refractivity contribution in [2.75, 3.05) is 11.9 Å². The lowest BCUT2D eigenvalue weighted by Crippen LogP contribution is -2.36. The molecule has 0 saturated carbocycles. The van der Waals surface area contributed by atoms with Crippen LogP contribution in [0.15, 0.2) is 52.6 Å². The van der Waals surface area contributed by atoms with Crippen molar-refractivity contribution < 1.29 is 0 Å². The van der Waals surface area contributed by atoms with Crippen LogP contribution < -0.4 is 16.2 Å². The molecule has 2 rings (SSSR count). The zero-order chi connectivity index (χ0) is 11.5. The molecule has 2 aromatic carbocycles. The van der Waals surface area contributed by atoms with E-state index in [1.807, 2.05) is 30.3 Å². The van der Waals surface area contributed by atoms with Crippen LogP contribution in [-0.2, 0) is 0 Å². The minimum Gasteiger partial charge on any atom is -0.378 e. The third-order valence-corrected chi connectivity index (χ3v) is 2.40. The predicted octanol–water partition coefficient (Wildman–Crippen LogP) is 1.55. The number of hydrogen-bond donors (Lipinski definition) is 1. The third-order valence-electron chi connectivity index (χ3n) is 2.40. The lowest BCUT2D eigenvalue weighted by Gasteiger charge is -2.11. The quantitative estimate of drug-likeness (QED) is 0.619. The highest BCUT2D eigenvalue weighted by Crippen LogP contribution is 2.22. The zero-order valence-electron chi connectivity index (χ0n) is 8.69. The smallest absolute Gasteiger partial charge is 0.250 e. The van der Waals surface area contributed by atoms with E-state index in [4.69, 9.17) is 0 Å². The van der Waals surface area contributed by atoms with Gasteiger partial charge in [-0.3, -0.25) is 9.59 Å². The van der Waals surface area contributed by atoms with E-state index in [1.165, 1.54) is 0 Å². The molecule has 1 N–H and O–H groups in total. The second kappa shape index (κ2) is 4.14. The van der Waals surface area contributed by atoms with E-state index < -0.39 is 10.9 Å². The van der Waals surface area contributed by atoms with Gasteiger partial charge in [-0.05, 0) is 5.56 Å². The molecule has 0 amide bonds. The maximum atomic E-state index is 11.5. The average Bonchev–Trinajstić information content (AvgIpc) is 2.34. The molecule has 0 heterocycles. The summed E-state index contributed by atoms with van der Waals surface area (Å²) in [5.74, 6) is 0. The monoisotopic (exact) mass is 213 g/mol. The Balaban J connectivity index is 2.43. The SMILES string of the molecule is C=CCNc1c(-c2ccccc2)c(=O)c1=O. The fourth-order valence-electron chi connectivity index (χ4n) is 1.61. The molecule has 0 unspecified atom stereocenters. The molecule has 0 aliphatic heterocycles. The first-order valence-corrected chi connectivity index (χ1v) is 4.99. The molecule has 0 saturated heterocycles. The van der Waals surface area contributed by atoms with Crippen molar-refractivity contribution in [3.8, 4) is 11.1 Å². The molecule has 0 radical (unpaired) electrons. The second-order valence-electron chi connectivity index (χ2n) is 3.44. The lowest BCUT2D eigenvalue weighted by atomic mass is 9.99. The van der Waals surface area contributed by atoms with Crippen molar-refractivity contribution in [2.24, 2.45) is 0 Å². The molecule has 16 heavy (non-hydrogen) atoms. The molecule has 0 aliphatic carbocycles. The molecule has 0 aliphatic rings. The molecule has 80 valence electrons. The summed E-state index contributed by atoms with van der Waals surface area (Å²) in [5.41, 5.74) is 0.792. The first-order valence-electron chi connectivity index (χ1n) is 4.99. The number of hydrogen-bond acceptors (Lipinski definition) is 3. The van der Waals surface area contributed by atoms with Crippen LogP contribution in [0.5, 0.6) is 0 Å². The van der Waals surface area contributed by atoms with Gasteiger partial charge in [0.2, 0.25) is 10.9 Å². The van der Waals surface area contributed by atoms with Crippen LogP contribution in [0.1, 0.15) is 0 Å². The Morgan fingerprint density at radius 3 is 2.44 bits per heavy atom. The first-order chi connectivity index (χ1) is 7.75. The van der Waals surface area contributed by atoms with Crippen LogP contribution in [0.25, 0.3) is 11.1 Å². The van der Waals surface area contributed by atoms with E-state index >= 15 is 0 Å². The van der Waals surface area contributed by atoms with Gasteiger partial charge >= 0.3 is 0 Å². The molecule has 0 bridgehead atoms. The topological polar surface area (TPSA) is 46.2 Å². The molecule has 0 aromatic heterocycles. The van der Waals surface area contributed by atoms with E-state index in [1.54, 1.807) is 6.08 Å². The van der Waals surface area contributed by atoms with Crippen molar-refractivity contribution in [3.05, 3.63) is 63.4 Å². The van der Waals surface area contributed by atoms with E-state index in [-0.39, 0.29) is 0 Å². The molecule has 3 nitrogen and oxygen atoms in total. The van der Waals surface area contributed by atoms with Gasteiger partial charge in [0.25, 0.3) is 0 Å². The van der Waals surface area contributed by atoms with Gasteiger partial charge in [0, 0.05) is 6.54 Å². The van der Waals surface area contributed by atoms with Gasteiger partial charge in [0.05, 0.1) is 11.3 Å². The molecular weight excluding hydrogens is 202 g/mol. The van der Waals surface area contributed by atoms with Gasteiger partial charge < -0.3 is 5.32 Å². The fourth-order valence-corrected chi connectivity index (χ4v) is 1.61. The van der Waals surface area contributed by atoms with E-state index in [0.29, 0.717) is 17.8 Å². The fraction of sp³-hybridized carbons (Fsp3) is 0.0769. The van der Waals surface area contributed by atoms with Crippen molar-refractivity contribution in [1.29, 1.82) is 0 Å². The Labute approximate surface area is 92.7 Å². The predicted molar refractivity (Wildman–Crippen MR) is 65.5 cm³/mol. The Kier molecular flexibility index (Phi) is 2.68. The Hall–Kier alpha value is -2.16. The number of nitrogens with one attached hydrogen (secondary N) is 1. The van der Waals surface area contributed by atoms with Gasteiger partial charge in [-0.25, -0.2) is 0 Å². The van der Waals surface area contributed by atoms with E-state index in [2.05, 4.69) is 11.9 Å². The van der Waals surface area contributed by atoms with Crippen LogP contribution in [0.2, 0.25) is 0 Å². The highest BCUT2D eigenvalue weighted by atomic mass is 16.2. The summed E-state index contributed by atoms with van der Waals surface area (Å²) in [7, 11) is 0. The van der Waals surface area contributed by atoms with Crippen LogP contribution >= 0.6 is 0 Å². The van der Waals surface area contributed by atoms with Gasteiger partial charge in [-0.15, -0.1) is 6.58 Å². The number of benzene rings is 1. The van der Waals surface area contributed by atoms with Gasteiger partial charge in [-0.1, -0.05) is 36.4 Å². The van der Waals surface area contributed by atoms with Crippen LogP contribution in [0, 0.1) is 0 Å². The van der Waals surface area contributed by atoms with E-state index in [0.717, 1.165) is 5.56 Å². The normalized spacial score (nSPS) is 10.2. The molecule has 3 heteroatoms.